The minimum Gasteiger partial charge on any atom is -0.467 e. The van der Waals surface area contributed by atoms with Gasteiger partial charge in [-0.3, -0.25) is 4.79 Å². The summed E-state index contributed by atoms with van der Waals surface area (Å²) < 4.78 is 9.50. The largest absolute Gasteiger partial charge is 0.467 e. The summed E-state index contributed by atoms with van der Waals surface area (Å²) in [5.41, 5.74) is 0.842. The lowest BCUT2D eigenvalue weighted by Gasteiger charge is -2.17. The molecule has 0 aromatic heterocycles. The second-order valence-corrected chi connectivity index (χ2v) is 4.68. The van der Waals surface area contributed by atoms with Crippen molar-refractivity contribution in [2.45, 2.75) is 32.5 Å². The van der Waals surface area contributed by atoms with Crippen molar-refractivity contribution in [2.75, 3.05) is 7.11 Å². The molecule has 0 aliphatic rings. The minimum absolute atomic E-state index is 0.111. The third-order valence-electron chi connectivity index (χ3n) is 2.85. The lowest BCUT2D eigenvalue weighted by Crippen LogP contribution is -2.49. The van der Waals surface area contributed by atoms with Crippen molar-refractivity contribution in [2.24, 2.45) is 0 Å². The number of hydrogen-bond acceptors (Lipinski definition) is 5. The van der Waals surface area contributed by atoms with E-state index < -0.39 is 30.1 Å². The highest BCUT2D eigenvalue weighted by Crippen LogP contribution is 2.00. The summed E-state index contributed by atoms with van der Waals surface area (Å²) in [5.74, 6) is -1.07. The Morgan fingerprint density at radius 1 is 1.05 bits per heavy atom. The van der Waals surface area contributed by atoms with Crippen LogP contribution < -0.4 is 10.6 Å². The van der Waals surface area contributed by atoms with Crippen LogP contribution in [0.15, 0.2) is 30.3 Å². The van der Waals surface area contributed by atoms with Gasteiger partial charge in [-0.25, -0.2) is 9.59 Å². The number of ether oxygens (including phenoxy) is 2. The maximum atomic E-state index is 11.8. The highest BCUT2D eigenvalue weighted by molar-refractivity contribution is 5.89. The maximum absolute atomic E-state index is 11.8. The number of nitrogens with one attached hydrogen (secondary N) is 2. The van der Waals surface area contributed by atoms with Crippen LogP contribution in [0.4, 0.5) is 4.79 Å². The van der Waals surface area contributed by atoms with Crippen LogP contribution in [0.1, 0.15) is 19.4 Å². The van der Waals surface area contributed by atoms with Gasteiger partial charge in [0, 0.05) is 0 Å². The van der Waals surface area contributed by atoms with Crippen LogP contribution in [0.25, 0.3) is 0 Å². The molecule has 0 heterocycles. The highest BCUT2D eigenvalue weighted by atomic mass is 16.5. The van der Waals surface area contributed by atoms with Crippen LogP contribution in [0.3, 0.4) is 0 Å². The molecule has 0 bridgehead atoms. The third kappa shape index (κ3) is 5.82. The number of alkyl carbamates (subject to hydrolysis) is 1. The number of carbonyl (C=O) groups excluding carboxylic acids is 3. The average Bonchev–Trinajstić information content (AvgIpc) is 2.52. The molecule has 1 aromatic rings. The topological polar surface area (TPSA) is 93.7 Å². The second-order valence-electron chi connectivity index (χ2n) is 4.68. The molecule has 0 spiro atoms. The van der Waals surface area contributed by atoms with Gasteiger partial charge in [0.05, 0.1) is 7.11 Å². The molecular formula is C15H20N2O5. The highest BCUT2D eigenvalue weighted by Gasteiger charge is 2.21. The minimum atomic E-state index is -0.838. The zero-order valence-corrected chi connectivity index (χ0v) is 12.8. The zero-order valence-electron chi connectivity index (χ0n) is 12.8. The molecule has 0 saturated heterocycles. The molecule has 7 heteroatoms. The summed E-state index contributed by atoms with van der Waals surface area (Å²) in [5, 5.41) is 4.81. The molecule has 2 atom stereocenters. The van der Waals surface area contributed by atoms with Gasteiger partial charge in [-0.1, -0.05) is 30.3 Å². The lowest BCUT2D eigenvalue weighted by atomic mass is 10.2. The van der Waals surface area contributed by atoms with E-state index in [1.54, 1.807) is 0 Å². The Morgan fingerprint density at radius 3 is 2.27 bits per heavy atom. The van der Waals surface area contributed by atoms with Crippen molar-refractivity contribution in [1.82, 2.24) is 10.6 Å². The Hall–Kier alpha value is -2.57. The Kier molecular flexibility index (Phi) is 6.88. The van der Waals surface area contributed by atoms with Crippen LogP contribution in [-0.4, -0.2) is 37.2 Å². The molecule has 22 heavy (non-hydrogen) atoms. The fraction of sp³-hybridized carbons (Fsp3) is 0.400. The number of carbonyl (C=O) groups is 3. The fourth-order valence-electron chi connectivity index (χ4n) is 1.58. The molecule has 0 radical (unpaired) electrons. The van der Waals surface area contributed by atoms with E-state index in [0.29, 0.717) is 0 Å². The first-order valence-corrected chi connectivity index (χ1v) is 6.79. The molecule has 0 saturated carbocycles. The van der Waals surface area contributed by atoms with Gasteiger partial charge < -0.3 is 20.1 Å². The second kappa shape index (κ2) is 8.66. The molecule has 1 aromatic carbocycles. The zero-order chi connectivity index (χ0) is 16.5. The molecule has 0 unspecified atom stereocenters. The quantitative estimate of drug-likeness (QED) is 0.764. The summed E-state index contributed by atoms with van der Waals surface area (Å²) in [4.78, 5) is 34.6. The van der Waals surface area contributed by atoms with Gasteiger partial charge >= 0.3 is 12.1 Å². The summed E-state index contributed by atoms with van der Waals surface area (Å²) in [6.07, 6.45) is -0.711. The van der Waals surface area contributed by atoms with E-state index in [0.717, 1.165) is 5.56 Å². The van der Waals surface area contributed by atoms with Crippen molar-refractivity contribution in [3.05, 3.63) is 35.9 Å². The van der Waals surface area contributed by atoms with Crippen LogP contribution in [0, 0.1) is 0 Å². The number of amides is 2. The predicted octanol–water partition coefficient (Wildman–Crippen LogP) is 0.979. The van der Waals surface area contributed by atoms with Gasteiger partial charge in [0.2, 0.25) is 5.91 Å². The van der Waals surface area contributed by atoms with Gasteiger partial charge in [0.1, 0.15) is 18.7 Å². The molecule has 120 valence electrons. The SMILES string of the molecule is COC(=O)[C@@H](C)NC(=O)[C@@H](C)NC(=O)OCc1ccccc1. The molecule has 0 aliphatic carbocycles. The number of rotatable bonds is 6. The van der Waals surface area contributed by atoms with Crippen LogP contribution in [0.5, 0.6) is 0 Å². The first kappa shape index (κ1) is 17.5. The number of benzene rings is 1. The van der Waals surface area contributed by atoms with Crippen LogP contribution in [-0.2, 0) is 25.7 Å². The summed E-state index contributed by atoms with van der Waals surface area (Å²) >= 11 is 0. The van der Waals surface area contributed by atoms with Gasteiger partial charge in [-0.05, 0) is 19.4 Å². The molecule has 7 nitrogen and oxygen atoms in total. The van der Waals surface area contributed by atoms with Gasteiger partial charge in [-0.15, -0.1) is 0 Å². The Labute approximate surface area is 129 Å². The first-order valence-electron chi connectivity index (χ1n) is 6.79. The monoisotopic (exact) mass is 308 g/mol. The van der Waals surface area contributed by atoms with Crippen molar-refractivity contribution in [1.29, 1.82) is 0 Å². The standard InChI is InChI=1S/C15H20N2O5/c1-10(13(18)16-11(2)14(19)21-3)17-15(20)22-9-12-7-5-4-6-8-12/h4-8,10-11H,9H2,1-3H3,(H,16,18)(H,17,20)/t10-,11-/m1/s1. The van der Waals surface area contributed by atoms with Gasteiger partial charge in [0.25, 0.3) is 0 Å². The molecule has 1 rings (SSSR count). The molecule has 0 fully saturated rings. The van der Waals surface area contributed by atoms with Crippen molar-refractivity contribution in [3.63, 3.8) is 0 Å². The number of hydrogen-bond donors (Lipinski definition) is 2. The molecule has 2 N–H and O–H groups in total. The average molecular weight is 308 g/mol. The Balaban J connectivity index is 2.37. The fourth-order valence-corrected chi connectivity index (χ4v) is 1.58. The Morgan fingerprint density at radius 2 is 1.68 bits per heavy atom. The maximum Gasteiger partial charge on any atom is 0.408 e. The normalized spacial score (nSPS) is 12.7. The van der Waals surface area contributed by atoms with E-state index in [1.807, 2.05) is 30.3 Å². The van der Waals surface area contributed by atoms with E-state index in [-0.39, 0.29) is 6.61 Å². The van der Waals surface area contributed by atoms with E-state index in [2.05, 4.69) is 15.4 Å². The lowest BCUT2D eigenvalue weighted by molar-refractivity contribution is -0.144. The molecule has 0 aliphatic heterocycles. The van der Waals surface area contributed by atoms with Gasteiger partial charge in [0.15, 0.2) is 0 Å². The first-order chi connectivity index (χ1) is 10.4. The summed E-state index contributed by atoms with van der Waals surface area (Å²) in [6.45, 7) is 3.09. The van der Waals surface area contributed by atoms with E-state index in [4.69, 9.17) is 4.74 Å². The number of esters is 1. The molecule has 2 amide bonds. The van der Waals surface area contributed by atoms with Gasteiger partial charge in [-0.2, -0.15) is 0 Å². The van der Waals surface area contributed by atoms with Crippen molar-refractivity contribution < 1.29 is 23.9 Å². The Bertz CT molecular complexity index is 518. The third-order valence-corrected chi connectivity index (χ3v) is 2.85. The summed E-state index contributed by atoms with van der Waals surface area (Å²) in [6, 6.07) is 7.54. The van der Waals surface area contributed by atoms with Crippen molar-refractivity contribution in [3.8, 4) is 0 Å². The van der Waals surface area contributed by atoms with Crippen LogP contribution in [0.2, 0.25) is 0 Å². The number of methoxy groups -OCH3 is 1. The smallest absolute Gasteiger partial charge is 0.408 e. The van der Waals surface area contributed by atoms with E-state index in [1.165, 1.54) is 21.0 Å². The predicted molar refractivity (Wildman–Crippen MR) is 78.8 cm³/mol. The van der Waals surface area contributed by atoms with Crippen molar-refractivity contribution >= 4 is 18.0 Å². The van der Waals surface area contributed by atoms with Crippen LogP contribution >= 0.6 is 0 Å². The van der Waals surface area contributed by atoms with E-state index in [9.17, 15) is 14.4 Å². The molecular weight excluding hydrogens is 288 g/mol. The van der Waals surface area contributed by atoms with E-state index >= 15 is 0 Å². The summed E-state index contributed by atoms with van der Waals surface area (Å²) in [7, 11) is 1.23.